The maximum atomic E-state index is 12.2. The molecule has 1 aromatic heterocycles. The highest BCUT2D eigenvalue weighted by Gasteiger charge is 2.32. The van der Waals surface area contributed by atoms with Crippen LogP contribution in [0.2, 0.25) is 0 Å². The molecule has 0 amide bonds. The molecule has 24 heavy (non-hydrogen) atoms. The van der Waals surface area contributed by atoms with Crippen LogP contribution in [0.4, 0.5) is 0 Å². The molecule has 1 aliphatic carbocycles. The van der Waals surface area contributed by atoms with Crippen molar-refractivity contribution in [2.45, 2.75) is 26.7 Å². The number of aromatic nitrogens is 1. The number of Topliss-reactive ketones (excluding diaryl/α,β-unsaturated/α-hetero) is 1. The highest BCUT2D eigenvalue weighted by molar-refractivity contribution is 6.07. The van der Waals surface area contributed by atoms with Crippen molar-refractivity contribution in [1.29, 1.82) is 0 Å². The van der Waals surface area contributed by atoms with Gasteiger partial charge in [0.05, 0.1) is 7.11 Å². The van der Waals surface area contributed by atoms with E-state index in [1.807, 2.05) is 6.07 Å². The molecular formula is C20H21NO3. The largest absolute Gasteiger partial charge is 0.497 e. The van der Waals surface area contributed by atoms with E-state index in [1.54, 1.807) is 37.5 Å². The second-order valence-electron chi connectivity index (χ2n) is 6.98. The van der Waals surface area contributed by atoms with Crippen molar-refractivity contribution in [3.63, 3.8) is 0 Å². The molecule has 0 radical (unpaired) electrons. The van der Waals surface area contributed by atoms with E-state index < -0.39 is 0 Å². The SMILES string of the molecule is COc1ccc(C(=O)/C=C/c2cc3c([nH]2)CC(C)(C)CC3=O)cc1. The maximum absolute atomic E-state index is 12.2. The van der Waals surface area contributed by atoms with E-state index in [4.69, 9.17) is 4.74 Å². The van der Waals surface area contributed by atoms with Gasteiger partial charge in [-0.05, 0) is 54.3 Å². The van der Waals surface area contributed by atoms with Crippen molar-refractivity contribution in [3.05, 3.63) is 58.9 Å². The first-order valence-corrected chi connectivity index (χ1v) is 7.99. The van der Waals surface area contributed by atoms with Crippen LogP contribution in [-0.4, -0.2) is 23.7 Å². The van der Waals surface area contributed by atoms with Crippen LogP contribution < -0.4 is 4.74 Å². The molecule has 0 saturated carbocycles. The zero-order valence-corrected chi connectivity index (χ0v) is 14.2. The summed E-state index contributed by atoms with van der Waals surface area (Å²) in [6.07, 6.45) is 4.65. The minimum absolute atomic E-state index is 0.0190. The number of methoxy groups -OCH3 is 1. The number of ether oxygens (including phenoxy) is 1. The topological polar surface area (TPSA) is 59.2 Å². The Labute approximate surface area is 141 Å². The van der Waals surface area contributed by atoms with Gasteiger partial charge in [0.2, 0.25) is 0 Å². The van der Waals surface area contributed by atoms with E-state index in [0.717, 1.165) is 23.4 Å². The molecule has 0 atom stereocenters. The summed E-state index contributed by atoms with van der Waals surface area (Å²) in [5, 5.41) is 0. The van der Waals surface area contributed by atoms with Crippen LogP contribution >= 0.6 is 0 Å². The molecule has 1 aromatic carbocycles. The van der Waals surface area contributed by atoms with E-state index in [2.05, 4.69) is 18.8 Å². The van der Waals surface area contributed by atoms with Crippen LogP contribution in [-0.2, 0) is 6.42 Å². The normalized spacial score (nSPS) is 16.2. The van der Waals surface area contributed by atoms with Gasteiger partial charge in [0.15, 0.2) is 11.6 Å². The molecule has 4 nitrogen and oxygen atoms in total. The van der Waals surface area contributed by atoms with Crippen LogP contribution in [0.5, 0.6) is 5.75 Å². The molecule has 0 fully saturated rings. The molecule has 0 bridgehead atoms. The summed E-state index contributed by atoms with van der Waals surface area (Å²) in [4.78, 5) is 27.7. The molecule has 0 unspecified atom stereocenters. The molecule has 1 aliphatic rings. The lowest BCUT2D eigenvalue weighted by atomic mass is 9.76. The van der Waals surface area contributed by atoms with Crippen molar-refractivity contribution in [2.75, 3.05) is 7.11 Å². The predicted octanol–water partition coefficient (Wildman–Crippen LogP) is 4.07. The molecule has 1 heterocycles. The Morgan fingerprint density at radius 1 is 1.21 bits per heavy atom. The lowest BCUT2D eigenvalue weighted by Gasteiger charge is -2.27. The number of H-pyrrole nitrogens is 1. The summed E-state index contributed by atoms with van der Waals surface area (Å²) in [6.45, 7) is 4.19. The molecule has 1 N–H and O–H groups in total. The fraction of sp³-hybridized carbons (Fsp3) is 0.300. The van der Waals surface area contributed by atoms with E-state index in [1.165, 1.54) is 6.08 Å². The van der Waals surface area contributed by atoms with Gasteiger partial charge >= 0.3 is 0 Å². The fourth-order valence-corrected chi connectivity index (χ4v) is 3.09. The van der Waals surface area contributed by atoms with E-state index in [-0.39, 0.29) is 17.0 Å². The Morgan fingerprint density at radius 2 is 1.92 bits per heavy atom. The Morgan fingerprint density at radius 3 is 2.58 bits per heavy atom. The Balaban J connectivity index is 1.77. The molecule has 4 heteroatoms. The van der Waals surface area contributed by atoms with Gasteiger partial charge in [0.1, 0.15) is 5.75 Å². The number of rotatable bonds is 4. The third-order valence-corrected chi connectivity index (χ3v) is 4.30. The molecule has 2 aromatic rings. The number of carbonyl (C=O) groups is 2. The summed E-state index contributed by atoms with van der Waals surface area (Å²) in [7, 11) is 1.59. The van der Waals surface area contributed by atoms with Gasteiger partial charge in [0, 0.05) is 28.9 Å². The van der Waals surface area contributed by atoms with Crippen molar-refractivity contribution in [1.82, 2.24) is 4.98 Å². The third-order valence-electron chi connectivity index (χ3n) is 4.30. The molecule has 3 rings (SSSR count). The number of ketones is 2. The number of allylic oxidation sites excluding steroid dienone is 1. The Bertz CT molecular complexity index is 810. The lowest BCUT2D eigenvalue weighted by molar-refractivity contribution is 0.0911. The number of hydrogen-bond acceptors (Lipinski definition) is 3. The zero-order chi connectivity index (χ0) is 17.3. The maximum Gasteiger partial charge on any atom is 0.185 e. The monoisotopic (exact) mass is 323 g/mol. The molecule has 124 valence electrons. The number of carbonyl (C=O) groups excluding carboxylic acids is 2. The summed E-state index contributed by atoms with van der Waals surface area (Å²) in [5.74, 6) is 0.796. The van der Waals surface area contributed by atoms with Crippen LogP contribution in [0.15, 0.2) is 36.4 Å². The minimum Gasteiger partial charge on any atom is -0.497 e. The average molecular weight is 323 g/mol. The van der Waals surface area contributed by atoms with E-state index in [9.17, 15) is 9.59 Å². The van der Waals surface area contributed by atoms with Gasteiger partial charge in [-0.15, -0.1) is 0 Å². The van der Waals surface area contributed by atoms with Gasteiger partial charge in [-0.2, -0.15) is 0 Å². The minimum atomic E-state index is -0.0862. The number of benzene rings is 1. The Kier molecular flexibility index (Phi) is 4.14. The second kappa shape index (κ2) is 6.11. The third kappa shape index (κ3) is 3.32. The first-order chi connectivity index (χ1) is 11.4. The first-order valence-electron chi connectivity index (χ1n) is 7.99. The van der Waals surface area contributed by atoms with E-state index >= 15 is 0 Å². The van der Waals surface area contributed by atoms with Gasteiger partial charge in [-0.25, -0.2) is 0 Å². The van der Waals surface area contributed by atoms with E-state index in [0.29, 0.717) is 17.7 Å². The van der Waals surface area contributed by atoms with Gasteiger partial charge in [-0.3, -0.25) is 9.59 Å². The summed E-state index contributed by atoms with van der Waals surface area (Å²) >= 11 is 0. The summed E-state index contributed by atoms with van der Waals surface area (Å²) in [5.41, 5.74) is 3.08. The number of hydrogen-bond donors (Lipinski definition) is 1. The fourth-order valence-electron chi connectivity index (χ4n) is 3.09. The van der Waals surface area contributed by atoms with Gasteiger partial charge < -0.3 is 9.72 Å². The average Bonchev–Trinajstić information content (AvgIpc) is 2.94. The number of nitrogens with one attached hydrogen (secondary N) is 1. The van der Waals surface area contributed by atoms with Crippen LogP contribution in [0.3, 0.4) is 0 Å². The Hall–Kier alpha value is -2.62. The molecule has 0 aliphatic heterocycles. The van der Waals surface area contributed by atoms with Gasteiger partial charge in [0.25, 0.3) is 0 Å². The summed E-state index contributed by atoms with van der Waals surface area (Å²) < 4.78 is 5.09. The number of aromatic amines is 1. The summed E-state index contributed by atoms with van der Waals surface area (Å²) in [6, 6.07) is 8.82. The molecule has 0 spiro atoms. The van der Waals surface area contributed by atoms with Gasteiger partial charge in [-0.1, -0.05) is 13.8 Å². The highest BCUT2D eigenvalue weighted by atomic mass is 16.5. The first kappa shape index (κ1) is 16.2. The molecular weight excluding hydrogens is 302 g/mol. The van der Waals surface area contributed by atoms with Crippen LogP contribution in [0.1, 0.15) is 52.4 Å². The van der Waals surface area contributed by atoms with Crippen molar-refractivity contribution >= 4 is 17.6 Å². The van der Waals surface area contributed by atoms with Crippen molar-refractivity contribution in [3.8, 4) is 5.75 Å². The highest BCUT2D eigenvalue weighted by Crippen LogP contribution is 2.34. The van der Waals surface area contributed by atoms with Crippen LogP contribution in [0, 0.1) is 5.41 Å². The zero-order valence-electron chi connectivity index (χ0n) is 14.2. The second-order valence-corrected chi connectivity index (χ2v) is 6.98. The smallest absolute Gasteiger partial charge is 0.185 e. The van der Waals surface area contributed by atoms with Crippen molar-refractivity contribution < 1.29 is 14.3 Å². The lowest BCUT2D eigenvalue weighted by Crippen LogP contribution is -2.26. The standard InChI is InChI=1S/C20H21NO3/c1-20(2)11-17-16(19(23)12-20)10-14(21-17)6-9-18(22)13-4-7-15(24-3)8-5-13/h4-10,21H,11-12H2,1-3H3/b9-6+. The number of fused-ring (bicyclic) bond motifs is 1. The quantitative estimate of drug-likeness (QED) is 0.681. The predicted molar refractivity (Wildman–Crippen MR) is 93.6 cm³/mol. The molecule has 0 saturated heterocycles. The van der Waals surface area contributed by atoms with Crippen LogP contribution in [0.25, 0.3) is 6.08 Å². The van der Waals surface area contributed by atoms with Crippen molar-refractivity contribution in [2.24, 2.45) is 5.41 Å².